The van der Waals surface area contributed by atoms with Gasteiger partial charge in [0.1, 0.15) is 0 Å². The van der Waals surface area contributed by atoms with Crippen LogP contribution >= 0.6 is 0 Å². The molecule has 0 unspecified atom stereocenters. The molecule has 0 aliphatic heterocycles. The van der Waals surface area contributed by atoms with E-state index in [1.54, 1.807) is 7.11 Å². The Hall–Kier alpha value is -1.70. The van der Waals surface area contributed by atoms with Gasteiger partial charge < -0.3 is 9.47 Å². The fraction of sp³-hybridized carbons (Fsp3) is 0.167. The van der Waals surface area contributed by atoms with Gasteiger partial charge >= 0.3 is 0 Å². The van der Waals surface area contributed by atoms with Crippen LogP contribution in [0.1, 0.15) is 5.56 Å². The SMILES string of the molecule is [CH]=COc1ccc(CC=C)cc1OC. The van der Waals surface area contributed by atoms with Crippen molar-refractivity contribution >= 4 is 0 Å². The second-order valence-electron chi connectivity index (χ2n) is 2.73. The Morgan fingerprint density at radius 2 is 2.21 bits per heavy atom. The van der Waals surface area contributed by atoms with Crippen LogP contribution in [0.15, 0.2) is 37.1 Å². The Balaban J connectivity index is 2.97. The molecule has 1 rings (SSSR count). The second-order valence-corrected chi connectivity index (χ2v) is 2.73. The number of benzene rings is 1. The van der Waals surface area contributed by atoms with Gasteiger partial charge in [-0.25, -0.2) is 0 Å². The average Bonchev–Trinajstić information content (AvgIpc) is 2.21. The van der Waals surface area contributed by atoms with Crippen LogP contribution in [0.4, 0.5) is 0 Å². The zero-order chi connectivity index (χ0) is 10.4. The number of allylic oxidation sites excluding steroid dienone is 1. The number of hydrogen-bond acceptors (Lipinski definition) is 2. The quantitative estimate of drug-likeness (QED) is 0.523. The van der Waals surface area contributed by atoms with Crippen molar-refractivity contribution in [3.8, 4) is 11.5 Å². The van der Waals surface area contributed by atoms with Crippen LogP contribution in [0.3, 0.4) is 0 Å². The predicted molar refractivity (Wildman–Crippen MR) is 56.4 cm³/mol. The number of rotatable bonds is 5. The highest BCUT2D eigenvalue weighted by atomic mass is 16.5. The maximum atomic E-state index is 5.16. The molecule has 0 aliphatic rings. The van der Waals surface area contributed by atoms with Crippen LogP contribution < -0.4 is 9.47 Å². The molecule has 0 amide bonds. The summed E-state index contributed by atoms with van der Waals surface area (Å²) in [6.07, 6.45) is 3.78. The van der Waals surface area contributed by atoms with Crippen molar-refractivity contribution in [2.24, 2.45) is 0 Å². The molecule has 2 nitrogen and oxygen atoms in total. The summed E-state index contributed by atoms with van der Waals surface area (Å²) in [4.78, 5) is 0. The van der Waals surface area contributed by atoms with Crippen LogP contribution in [-0.4, -0.2) is 7.11 Å². The van der Waals surface area contributed by atoms with Gasteiger partial charge in [0.15, 0.2) is 11.5 Å². The molecule has 73 valence electrons. The maximum Gasteiger partial charge on any atom is 0.168 e. The van der Waals surface area contributed by atoms with Crippen molar-refractivity contribution in [2.75, 3.05) is 7.11 Å². The van der Waals surface area contributed by atoms with Gasteiger partial charge in [0.2, 0.25) is 0 Å². The van der Waals surface area contributed by atoms with Crippen LogP contribution in [0.25, 0.3) is 0 Å². The van der Waals surface area contributed by atoms with Gasteiger partial charge in [-0.2, -0.15) is 0 Å². The molecule has 0 fully saturated rings. The molecule has 0 aliphatic carbocycles. The summed E-state index contributed by atoms with van der Waals surface area (Å²) in [6.45, 7) is 8.83. The predicted octanol–water partition coefficient (Wildman–Crippen LogP) is 2.75. The minimum atomic E-state index is 0.614. The minimum Gasteiger partial charge on any atom is -0.493 e. The summed E-state index contributed by atoms with van der Waals surface area (Å²) in [6, 6.07) is 5.67. The third-order valence-electron chi connectivity index (χ3n) is 1.80. The molecular weight excluding hydrogens is 176 g/mol. The molecule has 0 aromatic heterocycles. The van der Waals surface area contributed by atoms with E-state index in [4.69, 9.17) is 16.1 Å². The molecule has 2 heteroatoms. The number of methoxy groups -OCH3 is 1. The zero-order valence-electron chi connectivity index (χ0n) is 8.19. The molecule has 0 heterocycles. The van der Waals surface area contributed by atoms with Crippen molar-refractivity contribution in [3.63, 3.8) is 0 Å². The Labute approximate surface area is 84.5 Å². The van der Waals surface area contributed by atoms with E-state index in [-0.39, 0.29) is 0 Å². The fourth-order valence-corrected chi connectivity index (χ4v) is 1.18. The molecule has 0 atom stereocenters. The minimum absolute atomic E-state index is 0.614. The third-order valence-corrected chi connectivity index (χ3v) is 1.80. The van der Waals surface area contributed by atoms with E-state index >= 15 is 0 Å². The normalized spacial score (nSPS) is 9.21. The molecular formula is C12H13O2. The van der Waals surface area contributed by atoms with Gasteiger partial charge in [-0.1, -0.05) is 12.1 Å². The van der Waals surface area contributed by atoms with Crippen molar-refractivity contribution in [1.82, 2.24) is 0 Å². The smallest absolute Gasteiger partial charge is 0.168 e. The topological polar surface area (TPSA) is 18.5 Å². The highest BCUT2D eigenvalue weighted by Crippen LogP contribution is 2.28. The lowest BCUT2D eigenvalue weighted by molar-refractivity contribution is 0.378. The van der Waals surface area contributed by atoms with Crippen molar-refractivity contribution in [3.05, 3.63) is 49.3 Å². The summed E-state index contributed by atoms with van der Waals surface area (Å²) in [7, 11) is 1.59. The molecule has 14 heavy (non-hydrogen) atoms. The molecule has 0 bridgehead atoms. The monoisotopic (exact) mass is 189 g/mol. The first kappa shape index (κ1) is 10.4. The third kappa shape index (κ3) is 2.39. The van der Waals surface area contributed by atoms with E-state index in [0.717, 1.165) is 18.2 Å². The Kier molecular flexibility index (Phi) is 3.80. The lowest BCUT2D eigenvalue weighted by Gasteiger charge is -2.08. The first-order valence-electron chi connectivity index (χ1n) is 4.29. The van der Waals surface area contributed by atoms with Gasteiger partial charge in [-0.15, -0.1) is 6.58 Å². The maximum absolute atomic E-state index is 5.16. The standard InChI is InChI=1S/C12H13O2/c1-4-6-10-7-8-11(14-5-2)12(9-10)13-3/h2,4-5,7-9H,1,6H2,3H3. The summed E-state index contributed by atoms with van der Waals surface area (Å²) in [5, 5.41) is 0. The molecule has 0 saturated carbocycles. The summed E-state index contributed by atoms with van der Waals surface area (Å²) < 4.78 is 10.2. The van der Waals surface area contributed by atoms with Gasteiger partial charge in [-0.05, 0) is 30.7 Å². The molecule has 1 aromatic carbocycles. The fourth-order valence-electron chi connectivity index (χ4n) is 1.18. The van der Waals surface area contributed by atoms with Crippen molar-refractivity contribution in [2.45, 2.75) is 6.42 Å². The molecule has 0 N–H and O–H groups in total. The van der Waals surface area contributed by atoms with E-state index in [0.29, 0.717) is 11.5 Å². The summed E-state index contributed by atoms with van der Waals surface area (Å²) in [5.41, 5.74) is 1.13. The molecule has 0 spiro atoms. The van der Waals surface area contributed by atoms with E-state index in [1.165, 1.54) is 0 Å². The van der Waals surface area contributed by atoms with Gasteiger partial charge in [0.25, 0.3) is 0 Å². The Morgan fingerprint density at radius 1 is 1.43 bits per heavy atom. The van der Waals surface area contributed by atoms with E-state index in [9.17, 15) is 0 Å². The van der Waals surface area contributed by atoms with Gasteiger partial charge in [-0.3, -0.25) is 0 Å². The van der Waals surface area contributed by atoms with Crippen LogP contribution in [-0.2, 0) is 6.42 Å². The summed E-state index contributed by atoms with van der Waals surface area (Å²) >= 11 is 0. The van der Waals surface area contributed by atoms with Gasteiger partial charge in [0, 0.05) is 0 Å². The number of hydrogen-bond donors (Lipinski definition) is 0. The van der Waals surface area contributed by atoms with Crippen LogP contribution in [0.5, 0.6) is 11.5 Å². The number of ether oxygens (including phenoxy) is 2. The lowest BCUT2D eigenvalue weighted by Crippen LogP contribution is -1.91. The van der Waals surface area contributed by atoms with E-state index in [2.05, 4.69) is 6.58 Å². The Morgan fingerprint density at radius 3 is 2.79 bits per heavy atom. The van der Waals surface area contributed by atoms with Crippen molar-refractivity contribution < 1.29 is 9.47 Å². The van der Waals surface area contributed by atoms with Crippen molar-refractivity contribution in [1.29, 1.82) is 0 Å². The van der Waals surface area contributed by atoms with Gasteiger partial charge in [0.05, 0.1) is 13.4 Å². The Bertz CT molecular complexity index is 329. The highest BCUT2D eigenvalue weighted by Gasteiger charge is 2.03. The first-order chi connectivity index (χ1) is 6.81. The molecule has 0 saturated heterocycles. The largest absolute Gasteiger partial charge is 0.493 e. The zero-order valence-corrected chi connectivity index (χ0v) is 8.19. The second kappa shape index (κ2) is 5.12. The van der Waals surface area contributed by atoms with E-state index in [1.807, 2.05) is 24.3 Å². The highest BCUT2D eigenvalue weighted by molar-refractivity contribution is 5.43. The lowest BCUT2D eigenvalue weighted by atomic mass is 10.1. The summed E-state index contributed by atoms with van der Waals surface area (Å²) in [5.74, 6) is 1.29. The van der Waals surface area contributed by atoms with E-state index < -0.39 is 0 Å². The van der Waals surface area contributed by atoms with Crippen LogP contribution in [0.2, 0.25) is 0 Å². The molecule has 1 radical (unpaired) electrons. The first-order valence-corrected chi connectivity index (χ1v) is 4.29. The van der Waals surface area contributed by atoms with Crippen LogP contribution in [0, 0.1) is 6.58 Å². The molecule has 1 aromatic rings. The average molecular weight is 189 g/mol.